The fourth-order valence-electron chi connectivity index (χ4n) is 6.11. The standard InChI is InChI=1S/C23H21N3O3/c1-13-8-10-14(11-9-13)26-20(27)18-17-7-4-12-25(17)23(19(18)21(26)28)15-5-2-3-6-16(15)24-22(23)29/h2-3,5-6,8-11,17-19H,4,7,12H2,1H3,(H,24,29)/t17-,18+,19-,23+/m0/s1. The van der Waals surface area contributed by atoms with Crippen LogP contribution in [0.3, 0.4) is 0 Å². The lowest BCUT2D eigenvalue weighted by atomic mass is 9.75. The molecule has 3 amide bonds. The summed E-state index contributed by atoms with van der Waals surface area (Å²) in [7, 11) is 0. The number of anilines is 2. The zero-order valence-corrected chi connectivity index (χ0v) is 16.1. The number of aryl methyl sites for hydroxylation is 1. The van der Waals surface area contributed by atoms with Crippen molar-refractivity contribution < 1.29 is 14.4 Å². The van der Waals surface area contributed by atoms with E-state index in [-0.39, 0.29) is 23.8 Å². The molecule has 0 saturated carbocycles. The summed E-state index contributed by atoms with van der Waals surface area (Å²) in [5.41, 5.74) is 2.14. The Balaban J connectivity index is 1.55. The highest BCUT2D eigenvalue weighted by Crippen LogP contribution is 2.60. The fourth-order valence-corrected chi connectivity index (χ4v) is 6.11. The molecular weight excluding hydrogens is 366 g/mol. The second-order valence-corrected chi connectivity index (χ2v) is 8.52. The lowest BCUT2D eigenvalue weighted by molar-refractivity contribution is -0.135. The molecule has 2 aromatic rings. The smallest absolute Gasteiger partial charge is 0.250 e. The molecule has 4 atom stereocenters. The molecule has 0 bridgehead atoms. The molecule has 0 radical (unpaired) electrons. The third-order valence-electron chi connectivity index (χ3n) is 7.19. The topological polar surface area (TPSA) is 69.7 Å². The summed E-state index contributed by atoms with van der Waals surface area (Å²) in [5.74, 6) is -1.78. The van der Waals surface area contributed by atoms with Crippen molar-refractivity contribution >= 4 is 29.1 Å². The number of imide groups is 1. The Hall–Kier alpha value is -2.99. The molecular formula is C23H21N3O3. The van der Waals surface area contributed by atoms with Gasteiger partial charge in [-0.3, -0.25) is 19.3 Å². The molecule has 2 aromatic carbocycles. The summed E-state index contributed by atoms with van der Waals surface area (Å²) in [6.45, 7) is 2.70. The maximum Gasteiger partial charge on any atom is 0.250 e. The van der Waals surface area contributed by atoms with Gasteiger partial charge in [-0.2, -0.15) is 0 Å². The van der Waals surface area contributed by atoms with E-state index in [1.165, 1.54) is 4.90 Å². The van der Waals surface area contributed by atoms with Crippen molar-refractivity contribution in [3.8, 4) is 0 Å². The Morgan fingerprint density at radius 2 is 1.76 bits per heavy atom. The van der Waals surface area contributed by atoms with Gasteiger partial charge >= 0.3 is 0 Å². The molecule has 4 aliphatic heterocycles. The lowest BCUT2D eigenvalue weighted by Gasteiger charge is -2.36. The van der Waals surface area contributed by atoms with Gasteiger partial charge in [-0.05, 0) is 44.5 Å². The van der Waals surface area contributed by atoms with Gasteiger partial charge < -0.3 is 5.32 Å². The van der Waals surface area contributed by atoms with E-state index in [1.807, 2.05) is 55.5 Å². The van der Waals surface area contributed by atoms with Crippen LogP contribution in [0.4, 0.5) is 11.4 Å². The molecule has 6 rings (SSSR count). The van der Waals surface area contributed by atoms with Gasteiger partial charge in [0.2, 0.25) is 17.7 Å². The fraction of sp³-hybridized carbons (Fsp3) is 0.348. The van der Waals surface area contributed by atoms with Crippen LogP contribution < -0.4 is 10.2 Å². The van der Waals surface area contributed by atoms with Gasteiger partial charge in [0, 0.05) is 17.3 Å². The number of hydrogen-bond acceptors (Lipinski definition) is 4. The summed E-state index contributed by atoms with van der Waals surface area (Å²) in [6.07, 6.45) is 1.76. The van der Waals surface area contributed by atoms with Gasteiger partial charge in [0.1, 0.15) is 5.54 Å². The number of carbonyl (C=O) groups excluding carboxylic acids is 3. The maximum absolute atomic E-state index is 13.7. The number of para-hydroxylation sites is 1. The molecule has 1 spiro atoms. The number of carbonyl (C=O) groups is 3. The highest BCUT2D eigenvalue weighted by atomic mass is 16.2. The summed E-state index contributed by atoms with van der Waals surface area (Å²) in [5, 5.41) is 2.99. The van der Waals surface area contributed by atoms with Crippen molar-refractivity contribution in [2.24, 2.45) is 11.8 Å². The number of nitrogens with zero attached hydrogens (tertiary/aromatic N) is 2. The molecule has 0 aliphatic carbocycles. The van der Waals surface area contributed by atoms with E-state index in [0.29, 0.717) is 5.69 Å². The summed E-state index contributed by atoms with van der Waals surface area (Å²) < 4.78 is 0. The van der Waals surface area contributed by atoms with Crippen LogP contribution in [-0.2, 0) is 19.9 Å². The zero-order valence-electron chi connectivity index (χ0n) is 16.1. The van der Waals surface area contributed by atoms with E-state index in [0.717, 1.165) is 36.2 Å². The molecule has 0 aromatic heterocycles. The first-order valence-corrected chi connectivity index (χ1v) is 10.2. The Labute approximate surface area is 168 Å². The Kier molecular flexibility index (Phi) is 3.23. The minimum atomic E-state index is -1.09. The Morgan fingerprint density at radius 1 is 1.00 bits per heavy atom. The third kappa shape index (κ3) is 1.88. The highest BCUT2D eigenvalue weighted by molar-refractivity contribution is 6.25. The van der Waals surface area contributed by atoms with Crippen LogP contribution in [0, 0.1) is 18.8 Å². The average molecular weight is 387 g/mol. The van der Waals surface area contributed by atoms with Gasteiger partial charge in [0.15, 0.2) is 0 Å². The van der Waals surface area contributed by atoms with Crippen LogP contribution in [0.25, 0.3) is 0 Å². The van der Waals surface area contributed by atoms with Crippen LogP contribution in [0.1, 0.15) is 24.0 Å². The Morgan fingerprint density at radius 3 is 2.55 bits per heavy atom. The molecule has 6 nitrogen and oxygen atoms in total. The lowest BCUT2D eigenvalue weighted by Crippen LogP contribution is -2.54. The van der Waals surface area contributed by atoms with Crippen molar-refractivity contribution in [1.82, 2.24) is 4.90 Å². The average Bonchev–Trinajstić information content (AvgIpc) is 3.41. The largest absolute Gasteiger partial charge is 0.324 e. The van der Waals surface area contributed by atoms with Crippen LogP contribution in [0.5, 0.6) is 0 Å². The molecule has 0 unspecified atom stereocenters. The second-order valence-electron chi connectivity index (χ2n) is 8.52. The van der Waals surface area contributed by atoms with E-state index < -0.39 is 17.4 Å². The first kappa shape index (κ1) is 16.9. The second kappa shape index (κ2) is 5.54. The van der Waals surface area contributed by atoms with Crippen molar-refractivity contribution in [1.29, 1.82) is 0 Å². The maximum atomic E-state index is 13.7. The molecule has 3 saturated heterocycles. The van der Waals surface area contributed by atoms with Gasteiger partial charge in [-0.1, -0.05) is 35.9 Å². The number of benzene rings is 2. The van der Waals surface area contributed by atoms with E-state index in [9.17, 15) is 14.4 Å². The number of hydrogen-bond donors (Lipinski definition) is 1. The normalized spacial score (nSPS) is 32.7. The van der Waals surface area contributed by atoms with Gasteiger partial charge in [0.05, 0.1) is 17.5 Å². The first-order valence-electron chi connectivity index (χ1n) is 10.2. The van der Waals surface area contributed by atoms with Crippen molar-refractivity contribution in [2.75, 3.05) is 16.8 Å². The number of fused-ring (bicyclic) bond motifs is 7. The quantitative estimate of drug-likeness (QED) is 0.763. The van der Waals surface area contributed by atoms with Crippen molar-refractivity contribution in [2.45, 2.75) is 31.3 Å². The van der Waals surface area contributed by atoms with E-state index in [1.54, 1.807) is 0 Å². The molecule has 146 valence electrons. The first-order chi connectivity index (χ1) is 14.0. The van der Waals surface area contributed by atoms with Crippen LogP contribution in [0.15, 0.2) is 48.5 Å². The predicted octanol–water partition coefficient (Wildman–Crippen LogP) is 2.43. The predicted molar refractivity (Wildman–Crippen MR) is 107 cm³/mol. The van der Waals surface area contributed by atoms with Crippen molar-refractivity contribution in [3.63, 3.8) is 0 Å². The monoisotopic (exact) mass is 387 g/mol. The molecule has 3 fully saturated rings. The van der Waals surface area contributed by atoms with Gasteiger partial charge in [-0.15, -0.1) is 0 Å². The van der Waals surface area contributed by atoms with Crippen LogP contribution in [-0.4, -0.2) is 35.2 Å². The van der Waals surface area contributed by atoms with E-state index in [4.69, 9.17) is 0 Å². The minimum Gasteiger partial charge on any atom is -0.324 e. The molecule has 29 heavy (non-hydrogen) atoms. The van der Waals surface area contributed by atoms with Gasteiger partial charge in [0.25, 0.3) is 0 Å². The highest BCUT2D eigenvalue weighted by Gasteiger charge is 2.74. The van der Waals surface area contributed by atoms with E-state index >= 15 is 0 Å². The summed E-state index contributed by atoms with van der Waals surface area (Å²) >= 11 is 0. The number of nitrogens with one attached hydrogen (secondary N) is 1. The molecule has 6 heteroatoms. The van der Waals surface area contributed by atoms with Crippen molar-refractivity contribution in [3.05, 3.63) is 59.7 Å². The number of rotatable bonds is 1. The molecule has 4 heterocycles. The Bertz CT molecular complexity index is 1080. The summed E-state index contributed by atoms with van der Waals surface area (Å²) in [6, 6.07) is 14.9. The number of amides is 3. The SMILES string of the molecule is Cc1ccc(N2C(=O)[C@H]3[C@@H](C2=O)[C@]2(C(=O)Nc4ccccc42)N2CCC[C@@H]32)cc1. The molecule has 4 aliphatic rings. The molecule has 1 N–H and O–H groups in total. The van der Waals surface area contributed by atoms with Gasteiger partial charge in [-0.25, -0.2) is 4.90 Å². The van der Waals surface area contributed by atoms with Crippen LogP contribution in [0.2, 0.25) is 0 Å². The van der Waals surface area contributed by atoms with E-state index in [2.05, 4.69) is 10.2 Å². The third-order valence-corrected chi connectivity index (χ3v) is 7.19. The zero-order chi connectivity index (χ0) is 19.9. The van der Waals surface area contributed by atoms with Crippen LogP contribution >= 0.6 is 0 Å². The summed E-state index contributed by atoms with van der Waals surface area (Å²) in [4.78, 5) is 44.2. The minimum absolute atomic E-state index is 0.0798.